The maximum atomic E-state index is 10.5. The van der Waals surface area contributed by atoms with Gasteiger partial charge in [-0.1, -0.05) is 0 Å². The normalized spacial score (nSPS) is 20.9. The molecular weight excluding hydrogens is 304 g/mol. The van der Waals surface area contributed by atoms with E-state index >= 15 is 0 Å². The van der Waals surface area contributed by atoms with Gasteiger partial charge in [-0.2, -0.15) is 5.10 Å². The number of rotatable bonds is 3. The van der Waals surface area contributed by atoms with Crippen molar-refractivity contribution in [2.24, 2.45) is 5.92 Å². The van der Waals surface area contributed by atoms with Crippen molar-refractivity contribution in [1.29, 1.82) is 0 Å². The van der Waals surface area contributed by atoms with Gasteiger partial charge in [-0.05, 0) is 38.5 Å². The van der Waals surface area contributed by atoms with Gasteiger partial charge in [0.2, 0.25) is 0 Å². The van der Waals surface area contributed by atoms with E-state index in [2.05, 4.69) is 30.0 Å². The molecular formula is C17H20N6O. The number of hydrogen-bond acceptors (Lipinski definition) is 6. The number of fused-ring (bicyclic) bond motifs is 1. The Kier molecular flexibility index (Phi) is 3.65. The number of hydrogen-bond donors (Lipinski definition) is 2. The summed E-state index contributed by atoms with van der Waals surface area (Å²) in [6, 6.07) is 5.90. The molecule has 0 bridgehead atoms. The molecule has 1 aliphatic rings. The maximum absolute atomic E-state index is 10.5. The van der Waals surface area contributed by atoms with Gasteiger partial charge in [0.15, 0.2) is 5.65 Å². The Hall–Kier alpha value is -2.54. The number of nitrogens with zero attached hydrogens (tertiary/aromatic N) is 5. The van der Waals surface area contributed by atoms with E-state index in [9.17, 15) is 5.11 Å². The van der Waals surface area contributed by atoms with Gasteiger partial charge in [0, 0.05) is 30.9 Å². The molecule has 0 spiro atoms. The van der Waals surface area contributed by atoms with Crippen LogP contribution >= 0.6 is 0 Å². The zero-order valence-electron chi connectivity index (χ0n) is 13.8. The molecule has 24 heavy (non-hydrogen) atoms. The number of H-pyrrole nitrogens is 1. The van der Waals surface area contributed by atoms with Gasteiger partial charge in [-0.25, -0.2) is 15.0 Å². The first kappa shape index (κ1) is 15.0. The van der Waals surface area contributed by atoms with Crippen molar-refractivity contribution >= 4 is 16.9 Å². The molecule has 0 aliphatic carbocycles. The van der Waals surface area contributed by atoms with Crippen molar-refractivity contribution in [2.75, 3.05) is 18.0 Å². The van der Waals surface area contributed by atoms with E-state index in [0.29, 0.717) is 18.0 Å². The lowest BCUT2D eigenvalue weighted by Gasteiger charge is -2.19. The summed E-state index contributed by atoms with van der Waals surface area (Å²) >= 11 is 0. The van der Waals surface area contributed by atoms with Crippen molar-refractivity contribution in [3.05, 3.63) is 41.6 Å². The first-order chi connectivity index (χ1) is 11.6. The number of aryl methyl sites for hydroxylation is 2. The molecule has 4 rings (SSSR count). The second-order valence-electron chi connectivity index (χ2n) is 6.45. The molecule has 0 aromatic carbocycles. The van der Waals surface area contributed by atoms with Gasteiger partial charge in [-0.3, -0.25) is 5.10 Å². The largest absolute Gasteiger partial charge is 0.391 e. The molecule has 7 heteroatoms. The summed E-state index contributed by atoms with van der Waals surface area (Å²) in [5.41, 5.74) is 2.72. The minimum absolute atomic E-state index is 0.134. The Balaban J connectivity index is 1.62. The summed E-state index contributed by atoms with van der Waals surface area (Å²) in [4.78, 5) is 15.5. The molecule has 7 nitrogen and oxygen atoms in total. The Labute approximate surface area is 139 Å². The summed E-state index contributed by atoms with van der Waals surface area (Å²) < 4.78 is 0. The third-order valence-corrected chi connectivity index (χ3v) is 4.50. The number of aliphatic hydroxyl groups excluding tert-OH is 1. The standard InChI is InChI=1S/C17H20N6O/c1-10-6-13(22-21-10)7-12-8-23(9-15(12)24)17-14-4-3-5-18-16(14)19-11(2)20-17/h3-6,12,15,24H,7-9H2,1-2H3,(H,21,22)/t12-,15-/m1/s1. The van der Waals surface area contributed by atoms with E-state index < -0.39 is 6.10 Å². The average Bonchev–Trinajstić information content (AvgIpc) is 3.13. The van der Waals surface area contributed by atoms with E-state index in [1.165, 1.54) is 0 Å². The third-order valence-electron chi connectivity index (χ3n) is 4.50. The van der Waals surface area contributed by atoms with Crippen LogP contribution in [0, 0.1) is 19.8 Å². The highest BCUT2D eigenvalue weighted by Gasteiger charge is 2.33. The van der Waals surface area contributed by atoms with Crippen LogP contribution < -0.4 is 4.90 Å². The van der Waals surface area contributed by atoms with Gasteiger partial charge in [0.05, 0.1) is 17.2 Å². The Morgan fingerprint density at radius 1 is 1.29 bits per heavy atom. The van der Waals surface area contributed by atoms with Crippen LogP contribution in [0.25, 0.3) is 11.0 Å². The predicted molar refractivity (Wildman–Crippen MR) is 90.8 cm³/mol. The second kappa shape index (κ2) is 5.83. The smallest absolute Gasteiger partial charge is 0.164 e. The molecule has 2 N–H and O–H groups in total. The molecule has 0 amide bonds. The van der Waals surface area contributed by atoms with Crippen molar-refractivity contribution in [2.45, 2.75) is 26.4 Å². The monoisotopic (exact) mass is 324 g/mol. The van der Waals surface area contributed by atoms with Crippen molar-refractivity contribution in [1.82, 2.24) is 25.1 Å². The molecule has 1 fully saturated rings. The first-order valence-electron chi connectivity index (χ1n) is 8.13. The number of aromatic amines is 1. The van der Waals surface area contributed by atoms with Crippen LogP contribution in [0.3, 0.4) is 0 Å². The molecule has 4 heterocycles. The van der Waals surface area contributed by atoms with Gasteiger partial charge in [0.1, 0.15) is 11.6 Å². The maximum Gasteiger partial charge on any atom is 0.164 e. The molecule has 1 aliphatic heterocycles. The SMILES string of the molecule is Cc1nc(N2C[C@@H](Cc3cc(C)[nH]n3)[C@H](O)C2)c2cccnc2n1. The fraction of sp³-hybridized carbons (Fsp3) is 0.412. The van der Waals surface area contributed by atoms with Crippen LogP contribution in [-0.2, 0) is 6.42 Å². The van der Waals surface area contributed by atoms with Crippen LogP contribution in [0.1, 0.15) is 17.2 Å². The van der Waals surface area contributed by atoms with Gasteiger partial charge >= 0.3 is 0 Å². The molecule has 124 valence electrons. The minimum atomic E-state index is -0.399. The summed E-state index contributed by atoms with van der Waals surface area (Å²) in [6.45, 7) is 5.16. The highest BCUT2D eigenvalue weighted by atomic mass is 16.3. The lowest BCUT2D eigenvalue weighted by Crippen LogP contribution is -2.23. The van der Waals surface area contributed by atoms with Gasteiger partial charge < -0.3 is 10.0 Å². The van der Waals surface area contributed by atoms with E-state index in [1.54, 1.807) is 6.20 Å². The summed E-state index contributed by atoms with van der Waals surface area (Å²) in [7, 11) is 0. The van der Waals surface area contributed by atoms with Crippen LogP contribution in [0.15, 0.2) is 24.4 Å². The number of nitrogens with one attached hydrogen (secondary N) is 1. The van der Waals surface area contributed by atoms with Crippen LogP contribution in [0.5, 0.6) is 0 Å². The van der Waals surface area contributed by atoms with E-state index in [1.807, 2.05) is 32.0 Å². The lowest BCUT2D eigenvalue weighted by molar-refractivity contribution is 0.148. The molecule has 2 atom stereocenters. The summed E-state index contributed by atoms with van der Waals surface area (Å²) in [5.74, 6) is 1.68. The summed E-state index contributed by atoms with van der Waals surface area (Å²) in [6.07, 6.45) is 2.09. The molecule has 1 saturated heterocycles. The molecule has 3 aromatic rings. The van der Waals surface area contributed by atoms with Crippen molar-refractivity contribution in [3.63, 3.8) is 0 Å². The van der Waals surface area contributed by atoms with Gasteiger partial charge in [-0.15, -0.1) is 0 Å². The van der Waals surface area contributed by atoms with Crippen LogP contribution in [-0.4, -0.2) is 49.4 Å². The average molecular weight is 324 g/mol. The summed E-state index contributed by atoms with van der Waals surface area (Å²) in [5, 5.41) is 18.7. The highest BCUT2D eigenvalue weighted by Crippen LogP contribution is 2.29. The first-order valence-corrected chi connectivity index (χ1v) is 8.13. The molecule has 0 radical (unpaired) electrons. The Bertz CT molecular complexity index is 876. The number of pyridine rings is 1. The fourth-order valence-corrected chi connectivity index (χ4v) is 3.37. The number of aliphatic hydroxyl groups is 1. The highest BCUT2D eigenvalue weighted by molar-refractivity contribution is 5.87. The second-order valence-corrected chi connectivity index (χ2v) is 6.45. The Morgan fingerprint density at radius 3 is 2.96 bits per heavy atom. The predicted octanol–water partition coefficient (Wildman–Crippen LogP) is 1.40. The minimum Gasteiger partial charge on any atom is -0.391 e. The number of anilines is 1. The van der Waals surface area contributed by atoms with Gasteiger partial charge in [0.25, 0.3) is 0 Å². The lowest BCUT2D eigenvalue weighted by atomic mass is 10.0. The quantitative estimate of drug-likeness (QED) is 0.757. The Morgan fingerprint density at radius 2 is 2.17 bits per heavy atom. The number of aromatic nitrogens is 5. The zero-order valence-corrected chi connectivity index (χ0v) is 13.8. The molecule has 0 saturated carbocycles. The fourth-order valence-electron chi connectivity index (χ4n) is 3.37. The van der Waals surface area contributed by atoms with Crippen molar-refractivity contribution in [3.8, 4) is 0 Å². The third kappa shape index (κ3) is 2.71. The van der Waals surface area contributed by atoms with Crippen molar-refractivity contribution < 1.29 is 5.11 Å². The van der Waals surface area contributed by atoms with E-state index in [-0.39, 0.29) is 5.92 Å². The van der Waals surface area contributed by atoms with Crippen LogP contribution in [0.2, 0.25) is 0 Å². The van der Waals surface area contributed by atoms with Crippen LogP contribution in [0.4, 0.5) is 5.82 Å². The molecule has 0 unspecified atom stereocenters. The zero-order chi connectivity index (χ0) is 16.7. The van der Waals surface area contributed by atoms with E-state index in [0.717, 1.165) is 35.6 Å². The van der Waals surface area contributed by atoms with E-state index in [4.69, 9.17) is 0 Å². The topological polar surface area (TPSA) is 90.8 Å². The molecule has 3 aromatic heterocycles. The number of β-amino-alcohol motifs (C(OH)–C–C–N with tert-alkyl or cyclic N) is 1.